The van der Waals surface area contributed by atoms with Crippen LogP contribution in [0.3, 0.4) is 0 Å². The van der Waals surface area contributed by atoms with Crippen molar-refractivity contribution in [2.75, 3.05) is 0 Å². The van der Waals surface area contributed by atoms with Crippen molar-refractivity contribution in [3.63, 3.8) is 0 Å². The second-order valence-corrected chi connectivity index (χ2v) is 4.62. The molecular weight excluding hydrogens is 176 g/mol. The smallest absolute Gasteiger partial charge is 0.278 e. The standard InChI is InChI=1S/C11H24N2O/c1-6-9(7(2)3)13-11(14)10(12)8(4)5/h7-10H,6,12H2,1-5H3,(H,13,14)/p+1. The highest BCUT2D eigenvalue weighted by Crippen LogP contribution is 2.06. The maximum atomic E-state index is 11.7. The maximum absolute atomic E-state index is 11.7. The van der Waals surface area contributed by atoms with Gasteiger partial charge in [-0.2, -0.15) is 0 Å². The van der Waals surface area contributed by atoms with Crippen molar-refractivity contribution in [3.05, 3.63) is 0 Å². The molecule has 0 saturated heterocycles. The average Bonchev–Trinajstić information content (AvgIpc) is 2.11. The molecule has 0 bridgehead atoms. The molecule has 0 aliphatic rings. The van der Waals surface area contributed by atoms with Crippen LogP contribution in [0.4, 0.5) is 0 Å². The summed E-state index contributed by atoms with van der Waals surface area (Å²) in [5, 5.41) is 3.05. The fraction of sp³-hybridized carbons (Fsp3) is 0.909. The van der Waals surface area contributed by atoms with E-state index in [1.165, 1.54) is 0 Å². The van der Waals surface area contributed by atoms with E-state index in [2.05, 4.69) is 31.8 Å². The van der Waals surface area contributed by atoms with E-state index >= 15 is 0 Å². The molecular formula is C11H25N2O+. The SMILES string of the molecule is CCC(NC(=O)C([NH3+])C(C)C)C(C)C. The predicted octanol–water partition coefficient (Wildman–Crippen LogP) is 0.804. The Balaban J connectivity index is 4.15. The maximum Gasteiger partial charge on any atom is 0.278 e. The summed E-state index contributed by atoms with van der Waals surface area (Å²) in [4.78, 5) is 11.7. The van der Waals surface area contributed by atoms with Gasteiger partial charge in [-0.1, -0.05) is 34.6 Å². The summed E-state index contributed by atoms with van der Waals surface area (Å²) < 4.78 is 0. The Hall–Kier alpha value is -0.570. The largest absolute Gasteiger partial charge is 0.348 e. The molecule has 0 aliphatic carbocycles. The van der Waals surface area contributed by atoms with Gasteiger partial charge in [-0.3, -0.25) is 4.79 Å². The zero-order valence-corrected chi connectivity index (χ0v) is 10.1. The number of carbonyl (C=O) groups excluding carboxylic acids is 1. The lowest BCUT2D eigenvalue weighted by molar-refractivity contribution is -0.414. The molecule has 0 aromatic rings. The minimum absolute atomic E-state index is 0.0838. The second kappa shape index (κ2) is 6.02. The first-order valence-electron chi connectivity index (χ1n) is 5.53. The van der Waals surface area contributed by atoms with Gasteiger partial charge >= 0.3 is 0 Å². The van der Waals surface area contributed by atoms with Crippen molar-refractivity contribution in [1.82, 2.24) is 5.32 Å². The number of quaternary nitrogens is 1. The lowest BCUT2D eigenvalue weighted by Gasteiger charge is -2.22. The lowest BCUT2D eigenvalue weighted by Crippen LogP contribution is -2.70. The van der Waals surface area contributed by atoms with Gasteiger partial charge < -0.3 is 11.1 Å². The van der Waals surface area contributed by atoms with Crippen molar-refractivity contribution in [2.45, 2.75) is 53.1 Å². The van der Waals surface area contributed by atoms with Crippen LogP contribution >= 0.6 is 0 Å². The van der Waals surface area contributed by atoms with Crippen LogP contribution in [0.25, 0.3) is 0 Å². The molecule has 0 heterocycles. The summed E-state index contributed by atoms with van der Waals surface area (Å²) >= 11 is 0. The highest BCUT2D eigenvalue weighted by molar-refractivity contribution is 5.80. The van der Waals surface area contributed by atoms with Gasteiger partial charge in [0.25, 0.3) is 5.91 Å². The Morgan fingerprint density at radius 1 is 1.21 bits per heavy atom. The van der Waals surface area contributed by atoms with Crippen molar-refractivity contribution in [1.29, 1.82) is 0 Å². The van der Waals surface area contributed by atoms with Gasteiger partial charge in [0.1, 0.15) is 0 Å². The lowest BCUT2D eigenvalue weighted by atomic mass is 9.99. The highest BCUT2D eigenvalue weighted by Gasteiger charge is 2.24. The van der Waals surface area contributed by atoms with E-state index < -0.39 is 0 Å². The fourth-order valence-corrected chi connectivity index (χ4v) is 1.33. The van der Waals surface area contributed by atoms with Crippen molar-refractivity contribution in [2.24, 2.45) is 11.8 Å². The van der Waals surface area contributed by atoms with Crippen LogP contribution in [-0.2, 0) is 4.79 Å². The van der Waals surface area contributed by atoms with Gasteiger partial charge in [0, 0.05) is 12.0 Å². The normalized spacial score (nSPS) is 15.7. The molecule has 0 aromatic heterocycles. The number of carbonyl (C=O) groups is 1. The number of amides is 1. The van der Waals surface area contributed by atoms with E-state index in [1.807, 2.05) is 13.8 Å². The van der Waals surface area contributed by atoms with Crippen LogP contribution in [0.5, 0.6) is 0 Å². The first kappa shape index (κ1) is 13.4. The summed E-state index contributed by atoms with van der Waals surface area (Å²) in [6.45, 7) is 10.4. The van der Waals surface area contributed by atoms with Gasteiger partial charge in [-0.25, -0.2) is 0 Å². The topological polar surface area (TPSA) is 56.7 Å². The average molecular weight is 201 g/mol. The Labute approximate surface area is 87.4 Å². The molecule has 1 amide bonds. The van der Waals surface area contributed by atoms with Crippen molar-refractivity contribution < 1.29 is 10.5 Å². The van der Waals surface area contributed by atoms with E-state index in [0.717, 1.165) is 6.42 Å². The zero-order valence-electron chi connectivity index (χ0n) is 10.1. The molecule has 4 N–H and O–H groups in total. The molecule has 0 rings (SSSR count). The summed E-state index contributed by atoms with van der Waals surface area (Å²) in [5.74, 6) is 0.878. The molecule has 0 aromatic carbocycles. The van der Waals surface area contributed by atoms with Crippen LogP contribution in [-0.4, -0.2) is 18.0 Å². The molecule has 0 fully saturated rings. The van der Waals surface area contributed by atoms with Crippen molar-refractivity contribution >= 4 is 5.91 Å². The fourth-order valence-electron chi connectivity index (χ4n) is 1.33. The van der Waals surface area contributed by atoms with Crippen LogP contribution in [0.15, 0.2) is 0 Å². The van der Waals surface area contributed by atoms with Gasteiger partial charge in [0.2, 0.25) is 0 Å². The first-order chi connectivity index (χ1) is 6.40. The summed E-state index contributed by atoms with van der Waals surface area (Å²) in [5.41, 5.74) is 3.87. The molecule has 0 aliphatic heterocycles. The van der Waals surface area contributed by atoms with E-state index in [1.54, 1.807) is 0 Å². The monoisotopic (exact) mass is 201 g/mol. The quantitative estimate of drug-likeness (QED) is 0.679. The van der Waals surface area contributed by atoms with E-state index in [0.29, 0.717) is 11.8 Å². The number of rotatable bonds is 5. The minimum atomic E-state index is -0.136. The molecule has 0 spiro atoms. The van der Waals surface area contributed by atoms with Crippen LogP contribution in [0, 0.1) is 11.8 Å². The molecule has 84 valence electrons. The van der Waals surface area contributed by atoms with Crippen LogP contribution < -0.4 is 11.1 Å². The van der Waals surface area contributed by atoms with Gasteiger partial charge in [0.15, 0.2) is 6.04 Å². The third-order valence-corrected chi connectivity index (χ3v) is 2.71. The molecule has 3 nitrogen and oxygen atoms in total. The van der Waals surface area contributed by atoms with Gasteiger partial charge in [-0.05, 0) is 12.3 Å². The number of nitrogens with one attached hydrogen (secondary N) is 1. The third-order valence-electron chi connectivity index (χ3n) is 2.71. The number of hydrogen-bond acceptors (Lipinski definition) is 1. The molecule has 14 heavy (non-hydrogen) atoms. The van der Waals surface area contributed by atoms with Crippen molar-refractivity contribution in [3.8, 4) is 0 Å². The summed E-state index contributed by atoms with van der Waals surface area (Å²) in [6, 6.07) is 0.147. The predicted molar refractivity (Wildman–Crippen MR) is 58.6 cm³/mol. The molecule has 0 radical (unpaired) electrons. The number of hydrogen-bond donors (Lipinski definition) is 2. The van der Waals surface area contributed by atoms with Crippen LogP contribution in [0.2, 0.25) is 0 Å². The second-order valence-electron chi connectivity index (χ2n) is 4.62. The zero-order chi connectivity index (χ0) is 11.3. The van der Waals surface area contributed by atoms with E-state index in [9.17, 15) is 4.79 Å². The summed E-state index contributed by atoms with van der Waals surface area (Å²) in [6.07, 6.45) is 0.980. The Kier molecular flexibility index (Phi) is 5.77. The molecule has 0 saturated carbocycles. The first-order valence-corrected chi connectivity index (χ1v) is 5.53. The molecule has 2 atom stereocenters. The minimum Gasteiger partial charge on any atom is -0.348 e. The third kappa shape index (κ3) is 4.09. The molecule has 3 heteroatoms. The molecule has 2 unspecified atom stereocenters. The van der Waals surface area contributed by atoms with Gasteiger partial charge in [0.05, 0.1) is 0 Å². The van der Waals surface area contributed by atoms with E-state index in [4.69, 9.17) is 0 Å². The van der Waals surface area contributed by atoms with Crippen LogP contribution in [0.1, 0.15) is 41.0 Å². The highest BCUT2D eigenvalue weighted by atomic mass is 16.2. The van der Waals surface area contributed by atoms with E-state index in [-0.39, 0.29) is 18.0 Å². The Morgan fingerprint density at radius 3 is 2.00 bits per heavy atom. The Bertz CT molecular complexity index is 178. The summed E-state index contributed by atoms with van der Waals surface area (Å²) in [7, 11) is 0. The Morgan fingerprint density at radius 2 is 1.71 bits per heavy atom. The van der Waals surface area contributed by atoms with Gasteiger partial charge in [-0.15, -0.1) is 0 Å².